The predicted molar refractivity (Wildman–Crippen MR) is 103 cm³/mol. The molecule has 2 aromatic carbocycles. The number of aliphatic carboxylic acids is 1. The number of ketones is 1. The monoisotopic (exact) mass is 448 g/mol. The number of aliphatic hydroxyl groups is 3. The van der Waals surface area contributed by atoms with E-state index in [1.54, 1.807) is 30.3 Å². The second-order valence-corrected chi connectivity index (χ2v) is 7.44. The van der Waals surface area contributed by atoms with E-state index in [1.165, 1.54) is 0 Å². The van der Waals surface area contributed by atoms with Gasteiger partial charge in [0, 0.05) is 6.07 Å². The van der Waals surface area contributed by atoms with E-state index in [4.69, 9.17) is 19.3 Å². The molecule has 0 aromatic heterocycles. The molecular formula is C21H20O11. The zero-order valence-electron chi connectivity index (χ0n) is 16.4. The molecule has 2 heterocycles. The molecule has 2 aliphatic rings. The Hall–Kier alpha value is -3.38. The number of benzene rings is 2. The molecule has 2 aromatic rings. The molecule has 6 atom stereocenters. The van der Waals surface area contributed by atoms with Gasteiger partial charge < -0.3 is 44.8 Å². The summed E-state index contributed by atoms with van der Waals surface area (Å²) in [6.45, 7) is 0. The minimum absolute atomic E-state index is 0.0843. The van der Waals surface area contributed by atoms with Gasteiger partial charge in [-0.25, -0.2) is 4.79 Å². The van der Waals surface area contributed by atoms with Gasteiger partial charge in [0.2, 0.25) is 12.0 Å². The van der Waals surface area contributed by atoms with Gasteiger partial charge in [0.15, 0.2) is 23.4 Å². The van der Waals surface area contributed by atoms with Crippen molar-refractivity contribution in [3.63, 3.8) is 0 Å². The second kappa shape index (κ2) is 8.28. The number of rotatable bonds is 4. The lowest BCUT2D eigenvalue weighted by atomic mass is 9.95. The standard InChI is InChI=1S/C21H20O11/c22-9-6-10(8-4-2-1-3-5-8)30-11-7-12(14(23)15(24)13(9)11)31-21-18(27)16(25)17(26)19(32-21)20(28)29/h1-5,7,10,16-19,21,23-27H,6H2,(H,28,29)/t10?,16-,17-,18+,19-,21+/m0/s1. The first-order chi connectivity index (χ1) is 15.2. The highest BCUT2D eigenvalue weighted by molar-refractivity contribution is 6.03. The molecule has 11 nitrogen and oxygen atoms in total. The van der Waals surface area contributed by atoms with E-state index in [-0.39, 0.29) is 17.7 Å². The number of carboxylic acid groups (broad SMARTS) is 1. The zero-order chi connectivity index (χ0) is 23.2. The molecular weight excluding hydrogens is 428 g/mol. The SMILES string of the molecule is O=C1CC(c2ccccc2)Oc2cc(O[C@@H]3O[C@H](C(=O)O)[C@@H](O)[C@H](O)[C@H]3O)c(O)c(O)c21. The molecule has 1 fully saturated rings. The lowest BCUT2D eigenvalue weighted by molar-refractivity contribution is -0.271. The Kier molecular flexibility index (Phi) is 5.65. The van der Waals surface area contributed by atoms with Gasteiger partial charge in [0.25, 0.3) is 0 Å². The molecule has 6 N–H and O–H groups in total. The van der Waals surface area contributed by atoms with Crippen molar-refractivity contribution in [1.82, 2.24) is 0 Å². The first-order valence-corrected chi connectivity index (χ1v) is 9.62. The minimum atomic E-state index is -1.93. The van der Waals surface area contributed by atoms with Crippen molar-refractivity contribution in [3.05, 3.63) is 47.5 Å². The smallest absolute Gasteiger partial charge is 0.335 e. The van der Waals surface area contributed by atoms with E-state index >= 15 is 0 Å². The average molecular weight is 448 g/mol. The Balaban J connectivity index is 1.66. The van der Waals surface area contributed by atoms with Gasteiger partial charge in [0.05, 0.1) is 6.42 Å². The van der Waals surface area contributed by atoms with Crippen LogP contribution in [0.2, 0.25) is 0 Å². The zero-order valence-corrected chi connectivity index (χ0v) is 16.4. The number of hydrogen-bond acceptors (Lipinski definition) is 10. The normalized spacial score (nSPS) is 29.7. The number of hydrogen-bond donors (Lipinski definition) is 6. The largest absolute Gasteiger partial charge is 0.504 e. The highest BCUT2D eigenvalue weighted by Crippen LogP contribution is 2.48. The quantitative estimate of drug-likeness (QED) is 0.348. The molecule has 11 heteroatoms. The van der Waals surface area contributed by atoms with Crippen LogP contribution in [0.15, 0.2) is 36.4 Å². The van der Waals surface area contributed by atoms with Gasteiger partial charge >= 0.3 is 5.97 Å². The number of Topliss-reactive ketones (excluding diaryl/α,β-unsaturated/α-hetero) is 1. The van der Waals surface area contributed by atoms with Gasteiger partial charge in [-0.3, -0.25) is 4.79 Å². The predicted octanol–water partition coefficient (Wildman–Crippen LogP) is 0.0753. The molecule has 0 saturated carbocycles. The molecule has 0 aliphatic carbocycles. The van der Waals surface area contributed by atoms with Crippen molar-refractivity contribution in [2.45, 2.75) is 43.2 Å². The highest BCUT2D eigenvalue weighted by Gasteiger charge is 2.48. The number of aromatic hydroxyl groups is 2. The maximum atomic E-state index is 12.6. The Morgan fingerprint density at radius 1 is 1.00 bits per heavy atom. The summed E-state index contributed by atoms with van der Waals surface area (Å²) in [5, 5.41) is 59.6. The number of phenolic OH excluding ortho intramolecular Hbond substituents is 2. The van der Waals surface area contributed by atoms with Crippen LogP contribution < -0.4 is 9.47 Å². The van der Waals surface area contributed by atoms with Gasteiger partial charge in [-0.2, -0.15) is 0 Å². The minimum Gasteiger partial charge on any atom is -0.504 e. The molecule has 0 amide bonds. The Morgan fingerprint density at radius 2 is 1.69 bits per heavy atom. The Morgan fingerprint density at radius 3 is 2.34 bits per heavy atom. The van der Waals surface area contributed by atoms with Gasteiger partial charge in [-0.05, 0) is 5.56 Å². The molecule has 32 heavy (non-hydrogen) atoms. The summed E-state index contributed by atoms with van der Waals surface area (Å²) in [7, 11) is 0. The topological polar surface area (TPSA) is 183 Å². The number of fused-ring (bicyclic) bond motifs is 1. The van der Waals surface area contributed by atoms with Crippen LogP contribution in [0.3, 0.4) is 0 Å². The number of carbonyl (C=O) groups is 2. The van der Waals surface area contributed by atoms with Crippen LogP contribution in [0.4, 0.5) is 0 Å². The van der Waals surface area contributed by atoms with E-state index in [9.17, 15) is 35.1 Å². The van der Waals surface area contributed by atoms with Gasteiger partial charge in [-0.1, -0.05) is 30.3 Å². The summed E-state index contributed by atoms with van der Waals surface area (Å²) in [4.78, 5) is 23.9. The summed E-state index contributed by atoms with van der Waals surface area (Å²) < 4.78 is 16.1. The number of aliphatic hydroxyl groups excluding tert-OH is 3. The van der Waals surface area contributed by atoms with Crippen LogP contribution in [-0.4, -0.2) is 73.1 Å². The van der Waals surface area contributed by atoms with Crippen molar-refractivity contribution < 1.29 is 54.4 Å². The molecule has 0 radical (unpaired) electrons. The van der Waals surface area contributed by atoms with E-state index in [0.717, 1.165) is 6.07 Å². The van der Waals surface area contributed by atoms with Crippen molar-refractivity contribution in [1.29, 1.82) is 0 Å². The fraction of sp³-hybridized carbons (Fsp3) is 0.333. The number of phenols is 2. The number of carboxylic acids is 1. The fourth-order valence-electron chi connectivity index (χ4n) is 3.66. The van der Waals surface area contributed by atoms with E-state index in [1.807, 2.05) is 0 Å². The summed E-state index contributed by atoms with van der Waals surface area (Å²) >= 11 is 0. The van der Waals surface area contributed by atoms with Crippen LogP contribution in [0.25, 0.3) is 0 Å². The lowest BCUT2D eigenvalue weighted by Crippen LogP contribution is -2.61. The first-order valence-electron chi connectivity index (χ1n) is 9.62. The van der Waals surface area contributed by atoms with E-state index < -0.39 is 65.8 Å². The van der Waals surface area contributed by atoms with Crippen LogP contribution in [0, 0.1) is 0 Å². The summed E-state index contributed by atoms with van der Waals surface area (Å²) in [6.07, 6.45) is -10.3. The Bertz CT molecular complexity index is 1040. The van der Waals surface area contributed by atoms with Crippen molar-refractivity contribution >= 4 is 11.8 Å². The van der Waals surface area contributed by atoms with Crippen LogP contribution in [0.1, 0.15) is 28.4 Å². The molecule has 1 saturated heterocycles. The van der Waals surface area contributed by atoms with Crippen molar-refractivity contribution in [3.8, 4) is 23.0 Å². The Labute approximate surface area is 180 Å². The molecule has 170 valence electrons. The van der Waals surface area contributed by atoms with Gasteiger partial charge in [0.1, 0.15) is 35.7 Å². The number of carbonyl (C=O) groups excluding carboxylic acids is 1. The molecule has 4 rings (SSSR count). The molecule has 0 spiro atoms. The maximum absolute atomic E-state index is 12.6. The summed E-state index contributed by atoms with van der Waals surface area (Å²) in [6, 6.07) is 9.92. The summed E-state index contributed by atoms with van der Waals surface area (Å²) in [5.41, 5.74) is 0.444. The average Bonchev–Trinajstić information content (AvgIpc) is 2.77. The fourth-order valence-corrected chi connectivity index (χ4v) is 3.66. The van der Waals surface area contributed by atoms with Crippen LogP contribution in [0.5, 0.6) is 23.0 Å². The third-order valence-corrected chi connectivity index (χ3v) is 5.35. The molecule has 0 bridgehead atoms. The third kappa shape index (κ3) is 3.71. The lowest BCUT2D eigenvalue weighted by Gasteiger charge is -2.38. The first kappa shape index (κ1) is 21.8. The van der Waals surface area contributed by atoms with Crippen LogP contribution in [-0.2, 0) is 9.53 Å². The van der Waals surface area contributed by atoms with Crippen molar-refractivity contribution in [2.75, 3.05) is 0 Å². The number of ether oxygens (including phenoxy) is 3. The summed E-state index contributed by atoms with van der Waals surface area (Å²) in [5.74, 6) is -4.41. The molecule has 2 aliphatic heterocycles. The van der Waals surface area contributed by atoms with E-state index in [2.05, 4.69) is 0 Å². The highest BCUT2D eigenvalue weighted by atomic mass is 16.7. The third-order valence-electron chi connectivity index (χ3n) is 5.35. The second-order valence-electron chi connectivity index (χ2n) is 7.44. The maximum Gasteiger partial charge on any atom is 0.335 e. The van der Waals surface area contributed by atoms with Gasteiger partial charge in [-0.15, -0.1) is 0 Å². The van der Waals surface area contributed by atoms with E-state index in [0.29, 0.717) is 5.56 Å². The van der Waals surface area contributed by atoms with Crippen LogP contribution >= 0.6 is 0 Å². The van der Waals surface area contributed by atoms with Crippen molar-refractivity contribution in [2.24, 2.45) is 0 Å². The molecule has 1 unspecified atom stereocenters.